The molecule has 5 nitrogen and oxygen atoms in total. The molecule has 0 saturated carbocycles. The molecular weight excluding hydrogens is 316 g/mol. The summed E-state index contributed by atoms with van der Waals surface area (Å²) in [6, 6.07) is 5.16. The quantitative estimate of drug-likeness (QED) is 0.875. The first-order valence-corrected chi connectivity index (χ1v) is 8.06. The van der Waals surface area contributed by atoms with Gasteiger partial charge in [0.25, 0.3) is 0 Å². The number of hydrogen-bond donors (Lipinski definition) is 1. The van der Waals surface area contributed by atoms with E-state index in [9.17, 15) is 9.59 Å². The molecule has 2 heterocycles. The first-order valence-electron chi connectivity index (χ1n) is 7.68. The fraction of sp³-hybridized carbons (Fsp3) is 0.412. The molecule has 0 spiro atoms. The molecule has 2 aromatic rings. The molecule has 2 N–H and O–H groups in total. The SMILES string of the molecule is Cc1cc2oc(=O)cc(CN3CCC(C(N)=O)CC3)c2cc1Cl. The van der Waals surface area contributed by atoms with E-state index < -0.39 is 0 Å². The smallest absolute Gasteiger partial charge is 0.336 e. The van der Waals surface area contributed by atoms with Crippen molar-refractivity contribution in [3.05, 3.63) is 44.8 Å². The molecule has 1 aromatic heterocycles. The van der Waals surface area contributed by atoms with E-state index in [4.69, 9.17) is 21.8 Å². The van der Waals surface area contributed by atoms with Crippen molar-refractivity contribution in [3.63, 3.8) is 0 Å². The van der Waals surface area contributed by atoms with Crippen molar-refractivity contribution in [2.24, 2.45) is 11.7 Å². The van der Waals surface area contributed by atoms with Gasteiger partial charge in [0, 0.05) is 28.9 Å². The van der Waals surface area contributed by atoms with Gasteiger partial charge in [-0.1, -0.05) is 11.6 Å². The fourth-order valence-electron chi connectivity index (χ4n) is 3.10. The zero-order valence-electron chi connectivity index (χ0n) is 13.0. The minimum absolute atomic E-state index is 0.0408. The standard InChI is InChI=1S/C17H19ClN2O3/c1-10-6-15-13(8-14(10)18)12(7-16(21)23-15)9-20-4-2-11(3-5-20)17(19)22/h6-8,11H,2-5,9H2,1H3,(H2,19,22). The van der Waals surface area contributed by atoms with Crippen LogP contribution in [-0.4, -0.2) is 23.9 Å². The van der Waals surface area contributed by atoms with Crippen LogP contribution in [0, 0.1) is 12.8 Å². The molecule has 1 saturated heterocycles. The van der Waals surface area contributed by atoms with Gasteiger partial charge >= 0.3 is 5.63 Å². The molecule has 6 heteroatoms. The highest BCUT2D eigenvalue weighted by Gasteiger charge is 2.23. The number of halogens is 1. The summed E-state index contributed by atoms with van der Waals surface area (Å²) in [5.74, 6) is -0.265. The van der Waals surface area contributed by atoms with E-state index in [0.717, 1.165) is 42.4 Å². The number of fused-ring (bicyclic) bond motifs is 1. The van der Waals surface area contributed by atoms with E-state index in [1.54, 1.807) is 6.07 Å². The van der Waals surface area contributed by atoms with Crippen LogP contribution in [0.2, 0.25) is 5.02 Å². The molecule has 0 bridgehead atoms. The lowest BCUT2D eigenvalue weighted by Crippen LogP contribution is -2.38. The van der Waals surface area contributed by atoms with Gasteiger partial charge in [0.1, 0.15) is 5.58 Å². The van der Waals surface area contributed by atoms with Crippen molar-refractivity contribution in [2.75, 3.05) is 13.1 Å². The van der Waals surface area contributed by atoms with Crippen LogP contribution in [0.25, 0.3) is 11.0 Å². The minimum Gasteiger partial charge on any atom is -0.423 e. The van der Waals surface area contributed by atoms with E-state index >= 15 is 0 Å². The second-order valence-corrected chi connectivity index (χ2v) is 6.55. The maximum absolute atomic E-state index is 11.8. The van der Waals surface area contributed by atoms with Crippen LogP contribution in [0.15, 0.2) is 27.4 Å². The highest BCUT2D eigenvalue weighted by atomic mass is 35.5. The van der Waals surface area contributed by atoms with Crippen molar-refractivity contribution in [1.82, 2.24) is 4.90 Å². The molecule has 0 atom stereocenters. The van der Waals surface area contributed by atoms with Crippen molar-refractivity contribution in [3.8, 4) is 0 Å². The van der Waals surface area contributed by atoms with Crippen LogP contribution in [0.4, 0.5) is 0 Å². The van der Waals surface area contributed by atoms with E-state index in [1.807, 2.05) is 13.0 Å². The Morgan fingerprint density at radius 2 is 2.04 bits per heavy atom. The highest BCUT2D eigenvalue weighted by Crippen LogP contribution is 2.27. The number of nitrogens with zero attached hydrogens (tertiary/aromatic N) is 1. The molecule has 1 aromatic carbocycles. The van der Waals surface area contributed by atoms with Gasteiger partial charge in [0.15, 0.2) is 0 Å². The maximum atomic E-state index is 11.8. The summed E-state index contributed by atoms with van der Waals surface area (Å²) in [6.07, 6.45) is 1.52. The van der Waals surface area contributed by atoms with Gasteiger partial charge < -0.3 is 10.2 Å². The lowest BCUT2D eigenvalue weighted by Gasteiger charge is -2.30. The molecule has 122 valence electrons. The Morgan fingerprint density at radius 1 is 1.35 bits per heavy atom. The molecule has 3 rings (SSSR count). The van der Waals surface area contributed by atoms with Gasteiger partial charge in [-0.15, -0.1) is 0 Å². The first kappa shape index (κ1) is 16.0. The molecule has 23 heavy (non-hydrogen) atoms. The van der Waals surface area contributed by atoms with Crippen molar-refractivity contribution in [2.45, 2.75) is 26.3 Å². The molecule has 1 aliphatic heterocycles. The number of aryl methyl sites for hydroxylation is 1. The predicted molar refractivity (Wildman–Crippen MR) is 89.4 cm³/mol. The number of hydrogen-bond acceptors (Lipinski definition) is 4. The topological polar surface area (TPSA) is 76.5 Å². The van der Waals surface area contributed by atoms with Crippen molar-refractivity contribution < 1.29 is 9.21 Å². The summed E-state index contributed by atoms with van der Waals surface area (Å²) in [4.78, 5) is 25.3. The Kier molecular flexibility index (Phi) is 4.41. The van der Waals surface area contributed by atoms with Crippen LogP contribution < -0.4 is 11.4 Å². The molecular formula is C17H19ClN2O3. The number of benzene rings is 1. The fourth-order valence-corrected chi connectivity index (χ4v) is 3.26. The Balaban J connectivity index is 1.87. The summed E-state index contributed by atoms with van der Waals surface area (Å²) in [5.41, 5.74) is 7.34. The Morgan fingerprint density at radius 3 is 2.70 bits per heavy atom. The summed E-state index contributed by atoms with van der Waals surface area (Å²) in [7, 11) is 0. The zero-order chi connectivity index (χ0) is 16.6. The van der Waals surface area contributed by atoms with Gasteiger partial charge in [-0.25, -0.2) is 4.79 Å². The second-order valence-electron chi connectivity index (χ2n) is 6.14. The van der Waals surface area contributed by atoms with Crippen LogP contribution in [0.3, 0.4) is 0 Å². The van der Waals surface area contributed by atoms with E-state index in [-0.39, 0.29) is 17.5 Å². The van der Waals surface area contributed by atoms with Crippen LogP contribution >= 0.6 is 11.6 Å². The largest absolute Gasteiger partial charge is 0.423 e. The van der Waals surface area contributed by atoms with Crippen LogP contribution in [0.1, 0.15) is 24.0 Å². The van der Waals surface area contributed by atoms with Crippen LogP contribution in [-0.2, 0) is 11.3 Å². The van der Waals surface area contributed by atoms with Gasteiger partial charge in [0.05, 0.1) is 0 Å². The average molecular weight is 335 g/mol. The van der Waals surface area contributed by atoms with Gasteiger partial charge in [-0.3, -0.25) is 9.69 Å². The van der Waals surface area contributed by atoms with E-state index in [0.29, 0.717) is 17.2 Å². The normalized spacial score (nSPS) is 16.8. The average Bonchev–Trinajstić information content (AvgIpc) is 2.50. The zero-order valence-corrected chi connectivity index (χ0v) is 13.7. The molecule has 0 radical (unpaired) electrons. The molecule has 1 aliphatic rings. The third kappa shape index (κ3) is 3.41. The number of carbonyl (C=O) groups excluding carboxylic acids is 1. The lowest BCUT2D eigenvalue weighted by molar-refractivity contribution is -0.123. The number of rotatable bonds is 3. The highest BCUT2D eigenvalue weighted by molar-refractivity contribution is 6.32. The first-order chi connectivity index (χ1) is 10.9. The number of nitrogens with two attached hydrogens (primary N) is 1. The van der Waals surface area contributed by atoms with E-state index in [1.165, 1.54) is 6.07 Å². The Hall–Kier alpha value is -1.85. The van der Waals surface area contributed by atoms with Gasteiger partial charge in [0.2, 0.25) is 5.91 Å². The van der Waals surface area contributed by atoms with E-state index in [2.05, 4.69) is 4.90 Å². The third-order valence-corrected chi connectivity index (χ3v) is 4.90. The second kappa shape index (κ2) is 6.34. The molecule has 0 unspecified atom stereocenters. The van der Waals surface area contributed by atoms with Gasteiger partial charge in [-0.05, 0) is 56.1 Å². The van der Waals surface area contributed by atoms with Crippen molar-refractivity contribution >= 4 is 28.5 Å². The van der Waals surface area contributed by atoms with Gasteiger partial charge in [-0.2, -0.15) is 0 Å². The molecule has 1 fully saturated rings. The number of likely N-dealkylation sites (tertiary alicyclic amines) is 1. The summed E-state index contributed by atoms with van der Waals surface area (Å²) in [5, 5.41) is 1.51. The Labute approximate surface area is 139 Å². The summed E-state index contributed by atoms with van der Waals surface area (Å²) < 4.78 is 5.28. The third-order valence-electron chi connectivity index (χ3n) is 4.49. The minimum atomic E-state index is -0.360. The summed E-state index contributed by atoms with van der Waals surface area (Å²) >= 11 is 6.21. The molecule has 0 aliphatic carbocycles. The maximum Gasteiger partial charge on any atom is 0.336 e. The Bertz CT molecular complexity index is 807. The monoisotopic (exact) mass is 334 g/mol. The number of carbonyl (C=O) groups is 1. The lowest BCUT2D eigenvalue weighted by atomic mass is 9.96. The number of primary amides is 1. The predicted octanol–water partition coefficient (Wildman–Crippen LogP) is 2.45. The summed E-state index contributed by atoms with van der Waals surface area (Å²) in [6.45, 7) is 4.08. The number of amides is 1. The number of piperidine rings is 1. The van der Waals surface area contributed by atoms with Crippen LogP contribution in [0.5, 0.6) is 0 Å². The van der Waals surface area contributed by atoms with Crippen molar-refractivity contribution in [1.29, 1.82) is 0 Å². The molecule has 1 amide bonds.